The van der Waals surface area contributed by atoms with Gasteiger partial charge in [0.25, 0.3) is 0 Å². The van der Waals surface area contributed by atoms with Crippen molar-refractivity contribution < 1.29 is 9.53 Å². The van der Waals surface area contributed by atoms with Gasteiger partial charge in [0.05, 0.1) is 12.2 Å². The molecule has 1 aliphatic carbocycles. The van der Waals surface area contributed by atoms with Gasteiger partial charge in [0, 0.05) is 20.3 Å². The molecule has 0 aromatic rings. The van der Waals surface area contributed by atoms with Gasteiger partial charge in [0.1, 0.15) is 0 Å². The van der Waals surface area contributed by atoms with E-state index in [1.165, 1.54) is 12.8 Å². The van der Waals surface area contributed by atoms with Gasteiger partial charge in [-0.3, -0.25) is 10.1 Å². The van der Waals surface area contributed by atoms with Gasteiger partial charge in [-0.2, -0.15) is 0 Å². The van der Waals surface area contributed by atoms with Crippen molar-refractivity contribution in [1.82, 2.24) is 10.2 Å². The Morgan fingerprint density at radius 2 is 2.16 bits per heavy atom. The van der Waals surface area contributed by atoms with Gasteiger partial charge in [-0.1, -0.05) is 13.8 Å². The molecule has 2 atom stereocenters. The fourth-order valence-corrected chi connectivity index (χ4v) is 3.04. The van der Waals surface area contributed by atoms with Crippen molar-refractivity contribution in [3.8, 4) is 0 Å². The highest BCUT2D eigenvalue weighted by Gasteiger charge is 2.47. The van der Waals surface area contributed by atoms with E-state index in [9.17, 15) is 4.79 Å². The van der Waals surface area contributed by atoms with Crippen LogP contribution in [-0.2, 0) is 9.53 Å². The second-order valence-corrected chi connectivity index (χ2v) is 6.73. The summed E-state index contributed by atoms with van der Waals surface area (Å²) in [5.41, 5.74) is 0.342. The smallest absolute Gasteiger partial charge is 0.241 e. The lowest BCUT2D eigenvalue weighted by Crippen LogP contribution is -2.39. The Morgan fingerprint density at radius 3 is 2.68 bits per heavy atom. The Morgan fingerprint density at radius 1 is 1.47 bits per heavy atom. The van der Waals surface area contributed by atoms with E-state index in [4.69, 9.17) is 4.74 Å². The number of ether oxygens (including phenoxy) is 1. The van der Waals surface area contributed by atoms with Crippen LogP contribution in [0.15, 0.2) is 0 Å². The van der Waals surface area contributed by atoms with Crippen LogP contribution in [0.2, 0.25) is 0 Å². The maximum atomic E-state index is 12.5. The van der Waals surface area contributed by atoms with Gasteiger partial charge >= 0.3 is 0 Å². The van der Waals surface area contributed by atoms with Gasteiger partial charge in [0.2, 0.25) is 5.91 Å². The molecule has 2 fully saturated rings. The maximum absolute atomic E-state index is 12.5. The molecule has 110 valence electrons. The van der Waals surface area contributed by atoms with Crippen LogP contribution in [0.4, 0.5) is 0 Å². The van der Waals surface area contributed by atoms with Crippen LogP contribution in [0.5, 0.6) is 0 Å². The summed E-state index contributed by atoms with van der Waals surface area (Å²) in [5, 5.41) is 3.44. The molecule has 1 aliphatic heterocycles. The molecule has 2 aliphatic rings. The number of nitrogens with zero attached hydrogens (tertiary/aromatic N) is 1. The van der Waals surface area contributed by atoms with Crippen LogP contribution >= 0.6 is 0 Å². The fourth-order valence-electron chi connectivity index (χ4n) is 3.04. The zero-order valence-corrected chi connectivity index (χ0v) is 12.7. The fraction of sp³-hybridized carbons (Fsp3) is 0.933. The number of carbonyl (C=O) groups excluding carboxylic acids is 1. The van der Waals surface area contributed by atoms with Crippen LogP contribution in [0.25, 0.3) is 0 Å². The number of hydrogen-bond donors (Lipinski definition) is 1. The third-order valence-corrected chi connectivity index (χ3v) is 4.50. The Kier molecular flexibility index (Phi) is 4.51. The number of hydrogen-bond acceptors (Lipinski definition) is 3. The third-order valence-electron chi connectivity index (χ3n) is 4.50. The van der Waals surface area contributed by atoms with Crippen molar-refractivity contribution in [2.75, 3.05) is 20.3 Å². The summed E-state index contributed by atoms with van der Waals surface area (Å²) in [6, 6.07) is 0.0215. The third kappa shape index (κ3) is 3.48. The van der Waals surface area contributed by atoms with Gasteiger partial charge in [-0.25, -0.2) is 0 Å². The van der Waals surface area contributed by atoms with E-state index in [-0.39, 0.29) is 12.2 Å². The SMILES string of the molecule is COCCC1(CN2C(=O)C(CC(C)C)NC2C)CC1. The molecule has 1 amide bonds. The van der Waals surface area contributed by atoms with Crippen molar-refractivity contribution >= 4 is 5.91 Å². The Hall–Kier alpha value is -0.610. The van der Waals surface area contributed by atoms with Crippen molar-refractivity contribution in [3.63, 3.8) is 0 Å². The van der Waals surface area contributed by atoms with E-state index in [2.05, 4.69) is 31.0 Å². The number of nitrogens with one attached hydrogen (secondary N) is 1. The van der Waals surface area contributed by atoms with Gasteiger partial charge in [0.15, 0.2) is 0 Å². The lowest BCUT2D eigenvalue weighted by atomic mass is 10.0. The molecule has 1 heterocycles. The number of amides is 1. The molecule has 1 saturated carbocycles. The van der Waals surface area contributed by atoms with Crippen LogP contribution in [-0.4, -0.2) is 43.3 Å². The van der Waals surface area contributed by atoms with Gasteiger partial charge in [-0.05, 0) is 43.9 Å². The summed E-state index contributed by atoms with van der Waals surface area (Å²) < 4.78 is 5.19. The van der Waals surface area contributed by atoms with Crippen molar-refractivity contribution in [2.24, 2.45) is 11.3 Å². The van der Waals surface area contributed by atoms with Crippen LogP contribution in [0.3, 0.4) is 0 Å². The molecule has 2 unspecified atom stereocenters. The average Bonchev–Trinajstić information content (AvgIpc) is 3.06. The quantitative estimate of drug-likeness (QED) is 0.768. The molecule has 0 bridgehead atoms. The first kappa shape index (κ1) is 14.8. The molecular formula is C15H28N2O2. The van der Waals surface area contributed by atoms with E-state index >= 15 is 0 Å². The topological polar surface area (TPSA) is 41.6 Å². The van der Waals surface area contributed by atoms with Crippen LogP contribution < -0.4 is 5.32 Å². The van der Waals surface area contributed by atoms with Crippen molar-refractivity contribution in [3.05, 3.63) is 0 Å². The standard InChI is InChI=1S/C15H28N2O2/c1-11(2)9-13-14(18)17(12(3)16-13)10-15(5-6-15)7-8-19-4/h11-13,16H,5-10H2,1-4H3. The highest BCUT2D eigenvalue weighted by atomic mass is 16.5. The summed E-state index contributed by atoms with van der Waals surface area (Å²) in [4.78, 5) is 14.5. The van der Waals surface area contributed by atoms with E-state index in [1.807, 2.05) is 0 Å². The molecular weight excluding hydrogens is 240 g/mol. The summed E-state index contributed by atoms with van der Waals surface area (Å²) in [6.45, 7) is 8.15. The highest BCUT2D eigenvalue weighted by Crippen LogP contribution is 2.49. The largest absolute Gasteiger partial charge is 0.385 e. The minimum Gasteiger partial charge on any atom is -0.385 e. The molecule has 19 heavy (non-hydrogen) atoms. The van der Waals surface area contributed by atoms with E-state index < -0.39 is 0 Å². The second-order valence-electron chi connectivity index (χ2n) is 6.73. The van der Waals surface area contributed by atoms with E-state index in [0.29, 0.717) is 17.2 Å². The molecule has 1 N–H and O–H groups in total. The predicted molar refractivity (Wildman–Crippen MR) is 75.7 cm³/mol. The van der Waals surface area contributed by atoms with Crippen molar-refractivity contribution in [1.29, 1.82) is 0 Å². The molecule has 0 aromatic heterocycles. The zero-order chi connectivity index (χ0) is 14.0. The van der Waals surface area contributed by atoms with Gasteiger partial charge in [-0.15, -0.1) is 0 Å². The van der Waals surface area contributed by atoms with Crippen LogP contribution in [0, 0.1) is 11.3 Å². The first-order valence-corrected chi connectivity index (χ1v) is 7.53. The highest BCUT2D eigenvalue weighted by molar-refractivity contribution is 5.84. The zero-order valence-electron chi connectivity index (χ0n) is 12.7. The average molecular weight is 268 g/mol. The minimum atomic E-state index is 0.0215. The van der Waals surface area contributed by atoms with E-state index in [1.54, 1.807) is 7.11 Å². The van der Waals surface area contributed by atoms with Crippen LogP contribution in [0.1, 0.15) is 46.5 Å². The second kappa shape index (κ2) is 5.80. The Bertz CT molecular complexity index is 326. The van der Waals surface area contributed by atoms with E-state index in [0.717, 1.165) is 26.0 Å². The lowest BCUT2D eigenvalue weighted by molar-refractivity contribution is -0.131. The number of carbonyl (C=O) groups is 1. The molecule has 1 saturated heterocycles. The monoisotopic (exact) mass is 268 g/mol. The molecule has 0 radical (unpaired) electrons. The van der Waals surface area contributed by atoms with Crippen molar-refractivity contribution in [2.45, 2.75) is 58.7 Å². The predicted octanol–water partition coefficient (Wildman–Crippen LogP) is 2.00. The number of rotatable bonds is 7. The lowest BCUT2D eigenvalue weighted by Gasteiger charge is -2.26. The minimum absolute atomic E-state index is 0.0215. The summed E-state index contributed by atoms with van der Waals surface area (Å²) in [7, 11) is 1.75. The summed E-state index contributed by atoms with van der Waals surface area (Å²) in [5.74, 6) is 0.849. The summed E-state index contributed by atoms with van der Waals surface area (Å²) in [6.07, 6.45) is 4.67. The summed E-state index contributed by atoms with van der Waals surface area (Å²) >= 11 is 0. The Balaban J connectivity index is 1.91. The first-order valence-electron chi connectivity index (χ1n) is 7.53. The molecule has 4 nitrogen and oxygen atoms in total. The first-order chi connectivity index (χ1) is 8.97. The maximum Gasteiger partial charge on any atom is 0.241 e. The number of methoxy groups -OCH3 is 1. The Labute approximate surface area is 116 Å². The molecule has 0 spiro atoms. The molecule has 0 aromatic carbocycles. The van der Waals surface area contributed by atoms with Gasteiger partial charge < -0.3 is 9.64 Å². The normalized spacial score (nSPS) is 29.3. The molecule has 4 heteroatoms. The molecule has 2 rings (SSSR count).